The summed E-state index contributed by atoms with van der Waals surface area (Å²) in [6.07, 6.45) is 4.11. The number of nitrogens with zero attached hydrogens (tertiary/aromatic N) is 2. The van der Waals surface area contributed by atoms with Crippen LogP contribution in [0.4, 0.5) is 0 Å². The van der Waals surface area contributed by atoms with Crippen LogP contribution in [-0.2, 0) is 9.53 Å². The largest absolute Gasteiger partial charge is 0.473 e. The van der Waals surface area contributed by atoms with Crippen molar-refractivity contribution in [2.75, 3.05) is 31.7 Å². The molecule has 2 fully saturated rings. The smallest absolute Gasteiger partial charge is 0.308 e. The van der Waals surface area contributed by atoms with Gasteiger partial charge in [-0.2, -0.15) is 11.8 Å². The Morgan fingerprint density at radius 3 is 2.75 bits per heavy atom. The number of piperidine rings is 1. The second-order valence-corrected chi connectivity index (χ2v) is 7.23. The number of amides is 1. The molecular weight excluding hydrogens is 328 g/mol. The van der Waals surface area contributed by atoms with Crippen molar-refractivity contribution >= 4 is 23.6 Å². The van der Waals surface area contributed by atoms with Gasteiger partial charge in [0, 0.05) is 36.7 Å². The second kappa shape index (κ2) is 7.88. The maximum absolute atomic E-state index is 12.7. The van der Waals surface area contributed by atoms with Gasteiger partial charge in [0.2, 0.25) is 5.88 Å². The SMILES string of the molecule is COC(=O)C1CCN(C(=O)c2ccnc(OC3CCSC3)c2)CC1. The number of hydrogen-bond donors (Lipinski definition) is 0. The number of pyridine rings is 1. The molecule has 3 heterocycles. The highest BCUT2D eigenvalue weighted by Gasteiger charge is 2.28. The van der Waals surface area contributed by atoms with Crippen molar-refractivity contribution in [1.82, 2.24) is 9.88 Å². The van der Waals surface area contributed by atoms with Crippen LogP contribution in [0, 0.1) is 5.92 Å². The molecule has 0 saturated carbocycles. The summed E-state index contributed by atoms with van der Waals surface area (Å²) in [6.45, 7) is 1.13. The first-order valence-electron chi connectivity index (χ1n) is 8.25. The molecule has 24 heavy (non-hydrogen) atoms. The summed E-state index contributed by atoms with van der Waals surface area (Å²) in [5.41, 5.74) is 0.585. The van der Waals surface area contributed by atoms with Crippen molar-refractivity contribution in [2.24, 2.45) is 5.92 Å². The van der Waals surface area contributed by atoms with Gasteiger partial charge in [-0.15, -0.1) is 0 Å². The van der Waals surface area contributed by atoms with Gasteiger partial charge in [0.1, 0.15) is 6.10 Å². The number of likely N-dealkylation sites (tertiary alicyclic amines) is 1. The zero-order chi connectivity index (χ0) is 16.9. The van der Waals surface area contributed by atoms with E-state index in [0.717, 1.165) is 17.9 Å². The molecule has 2 saturated heterocycles. The van der Waals surface area contributed by atoms with Crippen molar-refractivity contribution in [3.8, 4) is 5.88 Å². The topological polar surface area (TPSA) is 68.7 Å². The minimum atomic E-state index is -0.184. The van der Waals surface area contributed by atoms with Crippen molar-refractivity contribution in [3.63, 3.8) is 0 Å². The summed E-state index contributed by atoms with van der Waals surface area (Å²) in [4.78, 5) is 30.2. The molecule has 1 atom stereocenters. The Balaban J connectivity index is 1.60. The fourth-order valence-corrected chi connectivity index (χ4v) is 4.14. The first-order valence-corrected chi connectivity index (χ1v) is 9.40. The lowest BCUT2D eigenvalue weighted by Gasteiger charge is -2.30. The summed E-state index contributed by atoms with van der Waals surface area (Å²) >= 11 is 1.87. The van der Waals surface area contributed by atoms with Crippen LogP contribution in [0.2, 0.25) is 0 Å². The van der Waals surface area contributed by atoms with Crippen LogP contribution in [0.3, 0.4) is 0 Å². The number of ether oxygens (including phenoxy) is 2. The van der Waals surface area contributed by atoms with E-state index in [0.29, 0.717) is 37.4 Å². The minimum absolute atomic E-state index is 0.0358. The highest BCUT2D eigenvalue weighted by molar-refractivity contribution is 7.99. The van der Waals surface area contributed by atoms with E-state index in [1.54, 1.807) is 23.2 Å². The van der Waals surface area contributed by atoms with Gasteiger partial charge in [-0.25, -0.2) is 4.98 Å². The predicted molar refractivity (Wildman–Crippen MR) is 91.2 cm³/mol. The number of hydrogen-bond acceptors (Lipinski definition) is 6. The zero-order valence-corrected chi connectivity index (χ0v) is 14.6. The highest BCUT2D eigenvalue weighted by atomic mass is 32.2. The van der Waals surface area contributed by atoms with E-state index in [1.807, 2.05) is 11.8 Å². The quantitative estimate of drug-likeness (QED) is 0.774. The number of carbonyl (C=O) groups is 2. The van der Waals surface area contributed by atoms with Crippen LogP contribution >= 0.6 is 11.8 Å². The van der Waals surface area contributed by atoms with Crippen LogP contribution in [0.25, 0.3) is 0 Å². The summed E-state index contributed by atoms with van der Waals surface area (Å²) in [6, 6.07) is 3.43. The van der Waals surface area contributed by atoms with Crippen LogP contribution in [-0.4, -0.2) is 59.6 Å². The maximum atomic E-state index is 12.7. The number of methoxy groups -OCH3 is 1. The Hall–Kier alpha value is -1.76. The van der Waals surface area contributed by atoms with Crippen molar-refractivity contribution < 1.29 is 19.1 Å². The lowest BCUT2D eigenvalue weighted by Crippen LogP contribution is -2.40. The average Bonchev–Trinajstić information content (AvgIpc) is 3.14. The van der Waals surface area contributed by atoms with E-state index in [1.165, 1.54) is 7.11 Å². The third-order valence-electron chi connectivity index (χ3n) is 4.47. The van der Waals surface area contributed by atoms with Crippen LogP contribution in [0.1, 0.15) is 29.6 Å². The Labute approximate surface area is 145 Å². The Kier molecular flexibility index (Phi) is 5.60. The number of rotatable bonds is 4. The van der Waals surface area contributed by atoms with Gasteiger partial charge in [0.05, 0.1) is 13.0 Å². The second-order valence-electron chi connectivity index (χ2n) is 6.08. The van der Waals surface area contributed by atoms with E-state index >= 15 is 0 Å². The third kappa shape index (κ3) is 4.01. The van der Waals surface area contributed by atoms with Gasteiger partial charge in [-0.1, -0.05) is 0 Å². The van der Waals surface area contributed by atoms with Gasteiger partial charge < -0.3 is 14.4 Å². The fraction of sp³-hybridized carbons (Fsp3) is 0.588. The molecule has 1 amide bonds. The molecule has 3 rings (SSSR count). The molecule has 2 aliphatic rings. The number of aromatic nitrogens is 1. The molecule has 1 aromatic rings. The fourth-order valence-electron chi connectivity index (χ4n) is 3.05. The molecular formula is C17H22N2O4S. The third-order valence-corrected chi connectivity index (χ3v) is 5.61. The van der Waals surface area contributed by atoms with Crippen LogP contribution in [0.15, 0.2) is 18.3 Å². The highest BCUT2D eigenvalue weighted by Crippen LogP contribution is 2.24. The predicted octanol–water partition coefficient (Wildman–Crippen LogP) is 1.99. The van der Waals surface area contributed by atoms with E-state index in [4.69, 9.17) is 9.47 Å². The monoisotopic (exact) mass is 350 g/mol. The summed E-state index contributed by atoms with van der Waals surface area (Å²) in [7, 11) is 1.40. The summed E-state index contributed by atoms with van der Waals surface area (Å²) in [5.74, 6) is 2.27. The van der Waals surface area contributed by atoms with E-state index in [-0.39, 0.29) is 23.9 Å². The number of thioether (sulfide) groups is 1. The molecule has 6 nitrogen and oxygen atoms in total. The molecule has 0 aromatic carbocycles. The Morgan fingerprint density at radius 2 is 2.08 bits per heavy atom. The molecule has 0 spiro atoms. The van der Waals surface area contributed by atoms with E-state index in [2.05, 4.69) is 4.98 Å². The number of carbonyl (C=O) groups excluding carboxylic acids is 2. The van der Waals surface area contributed by atoms with Gasteiger partial charge >= 0.3 is 5.97 Å². The lowest BCUT2D eigenvalue weighted by molar-refractivity contribution is -0.146. The first-order chi connectivity index (χ1) is 11.7. The zero-order valence-electron chi connectivity index (χ0n) is 13.8. The molecule has 0 aliphatic carbocycles. The summed E-state index contributed by atoms with van der Waals surface area (Å²) < 4.78 is 10.6. The van der Waals surface area contributed by atoms with Crippen molar-refractivity contribution in [2.45, 2.75) is 25.4 Å². The van der Waals surface area contributed by atoms with Crippen molar-refractivity contribution in [1.29, 1.82) is 0 Å². The van der Waals surface area contributed by atoms with E-state index in [9.17, 15) is 9.59 Å². The molecule has 2 aliphatic heterocycles. The van der Waals surface area contributed by atoms with Crippen LogP contribution in [0.5, 0.6) is 5.88 Å². The van der Waals surface area contributed by atoms with Gasteiger partial charge in [-0.05, 0) is 31.1 Å². The molecule has 1 unspecified atom stereocenters. The maximum Gasteiger partial charge on any atom is 0.308 e. The molecule has 0 bridgehead atoms. The lowest BCUT2D eigenvalue weighted by atomic mass is 9.96. The molecule has 1 aromatic heterocycles. The molecule has 0 N–H and O–H groups in total. The molecule has 130 valence electrons. The molecule has 7 heteroatoms. The van der Waals surface area contributed by atoms with Gasteiger partial charge in [0.15, 0.2) is 0 Å². The van der Waals surface area contributed by atoms with Crippen molar-refractivity contribution in [3.05, 3.63) is 23.9 Å². The molecule has 0 radical (unpaired) electrons. The van der Waals surface area contributed by atoms with Gasteiger partial charge in [-0.3, -0.25) is 9.59 Å². The standard InChI is InChI=1S/C17H22N2O4S/c1-22-17(21)12-3-7-19(8-4-12)16(20)13-2-6-18-15(10-13)23-14-5-9-24-11-14/h2,6,10,12,14H,3-5,7-9,11H2,1H3. The van der Waals surface area contributed by atoms with Gasteiger partial charge in [0.25, 0.3) is 5.91 Å². The van der Waals surface area contributed by atoms with Crippen LogP contribution < -0.4 is 4.74 Å². The first kappa shape index (κ1) is 17.1. The summed E-state index contributed by atoms with van der Waals surface area (Å²) in [5, 5.41) is 0. The minimum Gasteiger partial charge on any atom is -0.473 e. The normalized spacial score (nSPS) is 21.5. The number of esters is 1. The van der Waals surface area contributed by atoms with E-state index < -0.39 is 0 Å². The average molecular weight is 350 g/mol. The Morgan fingerprint density at radius 1 is 1.29 bits per heavy atom. The Bertz CT molecular complexity index is 596.